The molecule has 1 rings (SSSR count). The second kappa shape index (κ2) is 6.50. The highest BCUT2D eigenvalue weighted by Gasteiger charge is 2.03. The molecule has 0 unspecified atom stereocenters. The van der Waals surface area contributed by atoms with Crippen LogP contribution >= 0.6 is 0 Å². The monoisotopic (exact) mass is 199 g/mol. The van der Waals surface area contributed by atoms with Gasteiger partial charge in [0.2, 0.25) is 5.89 Å². The lowest BCUT2D eigenvalue weighted by Crippen LogP contribution is -2.18. The van der Waals surface area contributed by atoms with Gasteiger partial charge in [-0.25, -0.2) is 0 Å². The van der Waals surface area contributed by atoms with Crippen molar-refractivity contribution in [1.29, 1.82) is 0 Å². The molecule has 5 nitrogen and oxygen atoms in total. The summed E-state index contributed by atoms with van der Waals surface area (Å²) in [5.74, 6) is 1.43. The summed E-state index contributed by atoms with van der Waals surface area (Å²) >= 11 is 0. The summed E-state index contributed by atoms with van der Waals surface area (Å²) in [4.78, 5) is 4.22. The Bertz CT molecular complexity index is 250. The zero-order chi connectivity index (χ0) is 10.2. The number of hydrogen-bond donors (Lipinski definition) is 1. The van der Waals surface area contributed by atoms with Crippen LogP contribution in [0.3, 0.4) is 0 Å². The van der Waals surface area contributed by atoms with Gasteiger partial charge in [-0.05, 0) is 6.42 Å². The molecule has 0 aliphatic carbocycles. The van der Waals surface area contributed by atoms with Crippen molar-refractivity contribution < 1.29 is 9.26 Å². The molecule has 1 heterocycles. The van der Waals surface area contributed by atoms with Crippen LogP contribution in [0.25, 0.3) is 0 Å². The molecule has 1 N–H and O–H groups in total. The van der Waals surface area contributed by atoms with E-state index in [9.17, 15) is 0 Å². The van der Waals surface area contributed by atoms with Crippen molar-refractivity contribution in [3.63, 3.8) is 0 Å². The molecule has 0 fully saturated rings. The highest BCUT2D eigenvalue weighted by Crippen LogP contribution is 1.99. The Balaban J connectivity index is 2.22. The Morgan fingerprint density at radius 2 is 2.36 bits per heavy atom. The van der Waals surface area contributed by atoms with Gasteiger partial charge in [-0.2, -0.15) is 4.98 Å². The second-order valence-corrected chi connectivity index (χ2v) is 3.02. The number of nitrogens with zero attached hydrogens (tertiary/aromatic N) is 2. The molecule has 0 atom stereocenters. The summed E-state index contributed by atoms with van der Waals surface area (Å²) in [6, 6.07) is 0. The van der Waals surface area contributed by atoms with Crippen molar-refractivity contribution in [2.45, 2.75) is 26.3 Å². The molecular formula is C9H17N3O2. The first-order valence-corrected chi connectivity index (χ1v) is 4.88. The molecule has 0 saturated carbocycles. The third-order valence-electron chi connectivity index (χ3n) is 1.74. The van der Waals surface area contributed by atoms with Gasteiger partial charge >= 0.3 is 0 Å². The van der Waals surface area contributed by atoms with E-state index in [1.807, 2.05) is 0 Å². The van der Waals surface area contributed by atoms with E-state index < -0.39 is 0 Å². The van der Waals surface area contributed by atoms with Crippen LogP contribution in [0.1, 0.15) is 25.1 Å². The summed E-state index contributed by atoms with van der Waals surface area (Å²) < 4.78 is 9.93. The van der Waals surface area contributed by atoms with Gasteiger partial charge < -0.3 is 14.6 Å². The van der Waals surface area contributed by atoms with Gasteiger partial charge in [-0.15, -0.1) is 0 Å². The van der Waals surface area contributed by atoms with Crippen LogP contribution in [0.2, 0.25) is 0 Å². The Hall–Kier alpha value is -0.940. The van der Waals surface area contributed by atoms with Gasteiger partial charge in [0.15, 0.2) is 5.82 Å². The molecule has 0 aliphatic heterocycles. The van der Waals surface area contributed by atoms with Crippen molar-refractivity contribution in [3.8, 4) is 0 Å². The van der Waals surface area contributed by atoms with Crippen LogP contribution in [0.4, 0.5) is 0 Å². The molecule has 80 valence electrons. The van der Waals surface area contributed by atoms with Crippen LogP contribution in [0.5, 0.6) is 0 Å². The molecule has 5 heteroatoms. The van der Waals surface area contributed by atoms with Crippen molar-refractivity contribution in [2.75, 3.05) is 20.3 Å². The van der Waals surface area contributed by atoms with Gasteiger partial charge in [-0.1, -0.05) is 12.1 Å². The van der Waals surface area contributed by atoms with E-state index in [0.29, 0.717) is 19.0 Å². The van der Waals surface area contributed by atoms with Crippen LogP contribution < -0.4 is 5.32 Å². The van der Waals surface area contributed by atoms with Crippen LogP contribution in [0, 0.1) is 0 Å². The minimum atomic E-state index is 0.611. The minimum absolute atomic E-state index is 0.611. The van der Waals surface area contributed by atoms with Crippen molar-refractivity contribution in [1.82, 2.24) is 15.5 Å². The molecule has 14 heavy (non-hydrogen) atoms. The van der Waals surface area contributed by atoms with Gasteiger partial charge in [-0.3, -0.25) is 0 Å². The standard InChI is InChI=1S/C9H17N3O2/c1-3-4-8-11-9(14-12-8)7-10-5-6-13-2/h10H,3-7H2,1-2H3. The Kier molecular flexibility index (Phi) is 5.17. The molecule has 0 amide bonds. The van der Waals surface area contributed by atoms with Gasteiger partial charge in [0.05, 0.1) is 13.2 Å². The third-order valence-corrected chi connectivity index (χ3v) is 1.74. The fraction of sp³-hybridized carbons (Fsp3) is 0.778. The van der Waals surface area contributed by atoms with E-state index in [0.717, 1.165) is 25.2 Å². The first-order valence-electron chi connectivity index (χ1n) is 4.88. The first-order chi connectivity index (χ1) is 6.86. The number of rotatable bonds is 7. The Morgan fingerprint density at radius 3 is 3.07 bits per heavy atom. The lowest BCUT2D eigenvalue weighted by molar-refractivity contribution is 0.197. The normalized spacial score (nSPS) is 10.7. The average Bonchev–Trinajstić information content (AvgIpc) is 2.61. The smallest absolute Gasteiger partial charge is 0.240 e. The lowest BCUT2D eigenvalue weighted by atomic mass is 10.3. The number of nitrogens with one attached hydrogen (secondary N) is 1. The zero-order valence-corrected chi connectivity index (χ0v) is 8.75. The predicted octanol–water partition coefficient (Wildman–Crippen LogP) is 0.758. The maximum absolute atomic E-state index is 5.03. The highest BCUT2D eigenvalue weighted by atomic mass is 16.5. The third kappa shape index (κ3) is 3.85. The summed E-state index contributed by atoms with van der Waals surface area (Å²) in [5.41, 5.74) is 0. The molecule has 0 radical (unpaired) electrons. The van der Waals surface area contributed by atoms with E-state index in [1.54, 1.807) is 7.11 Å². The number of ether oxygens (including phenoxy) is 1. The second-order valence-electron chi connectivity index (χ2n) is 3.02. The molecule has 0 aromatic carbocycles. The Morgan fingerprint density at radius 1 is 1.50 bits per heavy atom. The summed E-state index contributed by atoms with van der Waals surface area (Å²) in [5, 5.41) is 6.98. The summed E-state index contributed by atoms with van der Waals surface area (Å²) in [6.07, 6.45) is 1.91. The highest BCUT2D eigenvalue weighted by molar-refractivity contribution is 4.85. The quantitative estimate of drug-likeness (QED) is 0.657. The van der Waals surface area contributed by atoms with Crippen molar-refractivity contribution >= 4 is 0 Å². The van der Waals surface area contributed by atoms with Gasteiger partial charge in [0.1, 0.15) is 0 Å². The summed E-state index contributed by atoms with van der Waals surface area (Å²) in [6.45, 7) is 4.19. The largest absolute Gasteiger partial charge is 0.383 e. The average molecular weight is 199 g/mol. The topological polar surface area (TPSA) is 60.2 Å². The number of hydrogen-bond acceptors (Lipinski definition) is 5. The maximum Gasteiger partial charge on any atom is 0.240 e. The van der Waals surface area contributed by atoms with Crippen LogP contribution in [-0.4, -0.2) is 30.4 Å². The van der Waals surface area contributed by atoms with E-state index >= 15 is 0 Å². The molecule has 0 saturated heterocycles. The molecule has 0 aliphatic rings. The number of methoxy groups -OCH3 is 1. The fourth-order valence-electron chi connectivity index (χ4n) is 1.06. The van der Waals surface area contributed by atoms with Crippen molar-refractivity contribution in [3.05, 3.63) is 11.7 Å². The van der Waals surface area contributed by atoms with E-state index in [1.165, 1.54) is 0 Å². The van der Waals surface area contributed by atoms with Crippen LogP contribution in [-0.2, 0) is 17.7 Å². The molecular weight excluding hydrogens is 182 g/mol. The van der Waals surface area contributed by atoms with E-state index in [-0.39, 0.29) is 0 Å². The lowest BCUT2D eigenvalue weighted by Gasteiger charge is -1.98. The summed E-state index contributed by atoms with van der Waals surface area (Å²) in [7, 11) is 1.67. The zero-order valence-electron chi connectivity index (χ0n) is 8.75. The Labute approximate surface area is 83.8 Å². The van der Waals surface area contributed by atoms with Crippen LogP contribution in [0.15, 0.2) is 4.52 Å². The molecule has 1 aromatic heterocycles. The maximum atomic E-state index is 5.03. The predicted molar refractivity (Wildman–Crippen MR) is 51.9 cm³/mol. The number of aromatic nitrogens is 2. The van der Waals surface area contributed by atoms with Gasteiger partial charge in [0, 0.05) is 20.1 Å². The molecule has 0 bridgehead atoms. The molecule has 1 aromatic rings. The van der Waals surface area contributed by atoms with Crippen molar-refractivity contribution in [2.24, 2.45) is 0 Å². The van der Waals surface area contributed by atoms with Gasteiger partial charge in [0.25, 0.3) is 0 Å². The first kappa shape index (κ1) is 11.1. The van der Waals surface area contributed by atoms with E-state index in [4.69, 9.17) is 9.26 Å². The molecule has 0 spiro atoms. The SMILES string of the molecule is CCCc1noc(CNCCOC)n1. The minimum Gasteiger partial charge on any atom is -0.383 e. The van der Waals surface area contributed by atoms with E-state index in [2.05, 4.69) is 22.4 Å². The number of aryl methyl sites for hydroxylation is 1. The fourth-order valence-corrected chi connectivity index (χ4v) is 1.06.